The summed E-state index contributed by atoms with van der Waals surface area (Å²) in [7, 11) is 0. The molecule has 2 aromatic carbocycles. The van der Waals surface area contributed by atoms with E-state index in [0.29, 0.717) is 18.0 Å². The van der Waals surface area contributed by atoms with E-state index in [1.165, 1.54) is 17.0 Å². The molecule has 138 valence electrons. The van der Waals surface area contributed by atoms with Gasteiger partial charge in [0.15, 0.2) is 5.82 Å². The Kier molecular flexibility index (Phi) is 5.27. The fourth-order valence-electron chi connectivity index (χ4n) is 2.33. The van der Waals surface area contributed by atoms with E-state index in [2.05, 4.69) is 15.3 Å². The van der Waals surface area contributed by atoms with E-state index in [4.69, 9.17) is 17.0 Å². The van der Waals surface area contributed by atoms with Crippen molar-refractivity contribution in [2.24, 2.45) is 5.10 Å². The number of ether oxygens (including phenoxy) is 1. The number of H-pyrrole nitrogens is 1. The van der Waals surface area contributed by atoms with Crippen LogP contribution < -0.4 is 9.84 Å². The first-order chi connectivity index (χ1) is 13.0. The lowest BCUT2D eigenvalue weighted by atomic mass is 10.2. The highest BCUT2D eigenvalue weighted by Gasteiger charge is 2.10. The standard InChI is InChI=1S/C17H15N5O4S/c1-2-26-13-6-4-12(5-7-13)16-19-20-17(27)21(16)18-10-11-3-8-15(23)14(9-11)22(24)25/h3-10,23H,2H2,1H3,(H,20,27)/p-1/b18-10-. The predicted molar refractivity (Wildman–Crippen MR) is 99.6 cm³/mol. The molecule has 0 fully saturated rings. The molecule has 0 unspecified atom stereocenters. The van der Waals surface area contributed by atoms with Crippen LogP contribution in [0.3, 0.4) is 0 Å². The minimum absolute atomic E-state index is 0.255. The molecule has 0 spiro atoms. The molecule has 3 aromatic rings. The minimum atomic E-state index is -0.728. The maximum absolute atomic E-state index is 11.5. The van der Waals surface area contributed by atoms with Gasteiger partial charge in [0.2, 0.25) is 4.77 Å². The van der Waals surface area contributed by atoms with E-state index in [9.17, 15) is 15.2 Å². The van der Waals surface area contributed by atoms with Gasteiger partial charge in [-0.2, -0.15) is 14.9 Å². The Balaban J connectivity index is 1.93. The Hall–Kier alpha value is -3.53. The van der Waals surface area contributed by atoms with E-state index in [0.717, 1.165) is 23.4 Å². The number of aromatic amines is 1. The number of rotatable bonds is 6. The molecule has 10 heteroatoms. The summed E-state index contributed by atoms with van der Waals surface area (Å²) in [5.41, 5.74) is 0.632. The van der Waals surface area contributed by atoms with Crippen molar-refractivity contribution >= 4 is 24.1 Å². The summed E-state index contributed by atoms with van der Waals surface area (Å²) >= 11 is 5.19. The average molecular weight is 384 g/mol. The van der Waals surface area contributed by atoms with Crippen LogP contribution in [0.1, 0.15) is 12.5 Å². The first kappa shape index (κ1) is 18.3. The lowest BCUT2D eigenvalue weighted by molar-refractivity contribution is -0.398. The van der Waals surface area contributed by atoms with Gasteiger partial charge in [0.25, 0.3) is 5.69 Å². The maximum Gasteiger partial charge on any atom is 0.262 e. The molecule has 1 N–H and O–H groups in total. The van der Waals surface area contributed by atoms with E-state index in [1.54, 1.807) is 12.1 Å². The van der Waals surface area contributed by atoms with Crippen molar-refractivity contribution in [3.8, 4) is 22.9 Å². The molecule has 3 rings (SSSR count). The minimum Gasteiger partial charge on any atom is -0.868 e. The molecule has 9 nitrogen and oxygen atoms in total. The van der Waals surface area contributed by atoms with Crippen LogP contribution in [0.2, 0.25) is 0 Å². The van der Waals surface area contributed by atoms with Gasteiger partial charge >= 0.3 is 0 Å². The van der Waals surface area contributed by atoms with Crippen LogP contribution in [0, 0.1) is 14.9 Å². The summed E-state index contributed by atoms with van der Waals surface area (Å²) in [5.74, 6) is 0.539. The average Bonchev–Trinajstić information content (AvgIpc) is 3.02. The lowest BCUT2D eigenvalue weighted by Gasteiger charge is -2.06. The third-order valence-electron chi connectivity index (χ3n) is 3.58. The highest BCUT2D eigenvalue weighted by molar-refractivity contribution is 7.71. The summed E-state index contributed by atoms with van der Waals surface area (Å²) in [6, 6.07) is 11.0. The molecule has 0 aliphatic heterocycles. The van der Waals surface area contributed by atoms with Gasteiger partial charge in [-0.15, -0.1) is 0 Å². The molecule has 27 heavy (non-hydrogen) atoms. The van der Waals surface area contributed by atoms with Crippen molar-refractivity contribution < 1.29 is 14.8 Å². The van der Waals surface area contributed by atoms with Crippen LogP contribution >= 0.6 is 12.2 Å². The van der Waals surface area contributed by atoms with Crippen LogP contribution in [0.5, 0.6) is 11.5 Å². The lowest BCUT2D eigenvalue weighted by Crippen LogP contribution is -1.99. The van der Waals surface area contributed by atoms with Crippen molar-refractivity contribution in [1.82, 2.24) is 14.9 Å². The van der Waals surface area contributed by atoms with Crippen LogP contribution in [0.25, 0.3) is 11.4 Å². The molecular weight excluding hydrogens is 370 g/mol. The predicted octanol–water partition coefficient (Wildman–Crippen LogP) is 2.87. The number of nitro groups is 1. The number of nitrogens with one attached hydrogen (secondary N) is 1. The number of hydrogen-bond acceptors (Lipinski definition) is 7. The number of hydrogen-bond donors (Lipinski definition) is 1. The second kappa shape index (κ2) is 7.79. The van der Waals surface area contributed by atoms with Crippen molar-refractivity contribution in [2.45, 2.75) is 6.92 Å². The SMILES string of the molecule is CCOc1ccc(-c2n[nH]c(=S)n2/N=C\c2ccc([O-])c([N+](=O)[O-])c2)cc1. The van der Waals surface area contributed by atoms with Crippen LogP contribution in [-0.4, -0.2) is 32.6 Å². The maximum atomic E-state index is 11.5. The Morgan fingerprint density at radius 2 is 2.07 bits per heavy atom. The Bertz CT molecular complexity index is 1060. The van der Waals surface area contributed by atoms with E-state index < -0.39 is 16.4 Å². The molecule has 0 radical (unpaired) electrons. The summed E-state index contributed by atoms with van der Waals surface area (Å²) < 4.78 is 7.06. The third-order valence-corrected chi connectivity index (χ3v) is 3.84. The Morgan fingerprint density at radius 3 is 2.74 bits per heavy atom. The summed E-state index contributed by atoms with van der Waals surface area (Å²) in [5, 5.41) is 33.4. The Morgan fingerprint density at radius 1 is 1.33 bits per heavy atom. The van der Waals surface area contributed by atoms with Crippen LogP contribution in [0.4, 0.5) is 5.69 Å². The van der Waals surface area contributed by atoms with Gasteiger partial charge in [0, 0.05) is 17.2 Å². The smallest absolute Gasteiger partial charge is 0.262 e. The summed E-state index contributed by atoms with van der Waals surface area (Å²) in [4.78, 5) is 10.2. The van der Waals surface area contributed by atoms with Gasteiger partial charge in [-0.3, -0.25) is 10.1 Å². The molecule has 0 atom stereocenters. The quantitative estimate of drug-likeness (QED) is 0.302. The van der Waals surface area contributed by atoms with Crippen molar-refractivity contribution in [3.05, 3.63) is 62.9 Å². The fourth-order valence-corrected chi connectivity index (χ4v) is 2.51. The van der Waals surface area contributed by atoms with Crippen molar-refractivity contribution in [1.29, 1.82) is 0 Å². The zero-order chi connectivity index (χ0) is 19.4. The van der Waals surface area contributed by atoms with E-state index >= 15 is 0 Å². The third kappa shape index (κ3) is 4.01. The molecule has 0 saturated heterocycles. The van der Waals surface area contributed by atoms with Gasteiger partial charge in [0.05, 0.1) is 17.7 Å². The largest absolute Gasteiger partial charge is 0.868 e. The molecule has 1 aromatic heterocycles. The van der Waals surface area contributed by atoms with E-state index in [1.807, 2.05) is 19.1 Å². The second-order valence-corrected chi connectivity index (χ2v) is 5.74. The highest BCUT2D eigenvalue weighted by Crippen LogP contribution is 2.24. The van der Waals surface area contributed by atoms with Gasteiger partial charge < -0.3 is 9.84 Å². The molecule has 0 bridgehead atoms. The monoisotopic (exact) mass is 384 g/mol. The zero-order valence-corrected chi connectivity index (χ0v) is 15.0. The zero-order valence-electron chi connectivity index (χ0n) is 14.2. The first-order valence-corrected chi connectivity index (χ1v) is 8.31. The molecule has 0 aliphatic carbocycles. The number of aromatic nitrogens is 3. The van der Waals surface area contributed by atoms with Crippen LogP contribution in [0.15, 0.2) is 47.6 Å². The number of nitro benzene ring substituents is 1. The summed E-state index contributed by atoms with van der Waals surface area (Å²) in [6.07, 6.45) is 1.37. The fraction of sp³-hybridized carbons (Fsp3) is 0.118. The van der Waals surface area contributed by atoms with E-state index in [-0.39, 0.29) is 4.77 Å². The Labute approximate surface area is 158 Å². The molecule has 0 saturated carbocycles. The van der Waals surface area contributed by atoms with Gasteiger partial charge in [0.1, 0.15) is 5.75 Å². The second-order valence-electron chi connectivity index (χ2n) is 5.35. The first-order valence-electron chi connectivity index (χ1n) is 7.90. The number of nitrogens with zero attached hydrogens (tertiary/aromatic N) is 4. The van der Waals surface area contributed by atoms with Crippen LogP contribution in [-0.2, 0) is 0 Å². The van der Waals surface area contributed by atoms with Crippen molar-refractivity contribution in [3.63, 3.8) is 0 Å². The molecular formula is C17H14N5O4S-. The van der Waals surface area contributed by atoms with Crippen molar-refractivity contribution in [2.75, 3.05) is 6.61 Å². The van der Waals surface area contributed by atoms with Gasteiger partial charge in [-0.25, -0.2) is 5.10 Å². The summed E-state index contributed by atoms with van der Waals surface area (Å²) in [6.45, 7) is 2.47. The van der Waals surface area contributed by atoms with Gasteiger partial charge in [-0.05, 0) is 49.2 Å². The molecule has 1 heterocycles. The van der Waals surface area contributed by atoms with Gasteiger partial charge in [-0.1, -0.05) is 12.1 Å². The molecule has 0 aliphatic rings. The molecule has 0 amide bonds. The number of benzene rings is 2. The highest BCUT2D eigenvalue weighted by atomic mass is 32.1. The normalized spacial score (nSPS) is 11.0. The topological polar surface area (TPSA) is 121 Å².